The lowest BCUT2D eigenvalue weighted by molar-refractivity contribution is -0.152. The molecule has 2 amide bonds. The Kier molecular flexibility index (Phi) is 4.48. The van der Waals surface area contributed by atoms with Crippen molar-refractivity contribution in [3.05, 3.63) is 0 Å². The lowest BCUT2D eigenvalue weighted by Crippen LogP contribution is -2.65. The number of hydrogen-bond acceptors (Lipinski definition) is 2. The van der Waals surface area contributed by atoms with Gasteiger partial charge in [0.15, 0.2) is 0 Å². The van der Waals surface area contributed by atoms with Gasteiger partial charge in [-0.1, -0.05) is 33.1 Å². The molecule has 1 aliphatic carbocycles. The monoisotopic (exact) mass is 266 g/mol. The fraction of sp³-hybridized carbons (Fsp3) is 0.867. The maximum absolute atomic E-state index is 12.6. The maximum Gasteiger partial charge on any atom is 0.246 e. The Hall–Kier alpha value is -1.06. The summed E-state index contributed by atoms with van der Waals surface area (Å²) in [6, 6.07) is -0.383. The number of amides is 2. The molecule has 2 fully saturated rings. The molecule has 0 radical (unpaired) electrons. The summed E-state index contributed by atoms with van der Waals surface area (Å²) >= 11 is 0. The normalized spacial score (nSPS) is 29.3. The Balaban J connectivity index is 2.12. The van der Waals surface area contributed by atoms with Crippen LogP contribution in [-0.4, -0.2) is 34.8 Å². The zero-order chi connectivity index (χ0) is 14.0. The van der Waals surface area contributed by atoms with Gasteiger partial charge >= 0.3 is 0 Å². The van der Waals surface area contributed by atoms with Crippen molar-refractivity contribution >= 4 is 11.8 Å². The molecule has 4 nitrogen and oxygen atoms in total. The van der Waals surface area contributed by atoms with E-state index in [1.165, 1.54) is 12.8 Å². The van der Waals surface area contributed by atoms with E-state index in [-0.39, 0.29) is 29.9 Å². The first-order valence-corrected chi connectivity index (χ1v) is 7.71. The molecule has 0 aromatic rings. The number of hydrogen-bond donors (Lipinski definition) is 1. The van der Waals surface area contributed by atoms with Crippen LogP contribution in [0.2, 0.25) is 0 Å². The van der Waals surface area contributed by atoms with E-state index < -0.39 is 0 Å². The molecule has 108 valence electrons. The second kappa shape index (κ2) is 5.93. The minimum atomic E-state index is -0.304. The smallest absolute Gasteiger partial charge is 0.246 e. The van der Waals surface area contributed by atoms with Crippen molar-refractivity contribution in [2.45, 2.75) is 77.4 Å². The van der Waals surface area contributed by atoms with Gasteiger partial charge in [-0.2, -0.15) is 0 Å². The highest BCUT2D eigenvalue weighted by molar-refractivity contribution is 5.97. The molecule has 3 atom stereocenters. The largest absolute Gasteiger partial charge is 0.343 e. The van der Waals surface area contributed by atoms with E-state index >= 15 is 0 Å². The first kappa shape index (κ1) is 14.4. The summed E-state index contributed by atoms with van der Waals surface area (Å²) in [6.45, 7) is 6.12. The van der Waals surface area contributed by atoms with E-state index in [4.69, 9.17) is 0 Å². The van der Waals surface area contributed by atoms with Crippen molar-refractivity contribution < 1.29 is 9.59 Å². The summed E-state index contributed by atoms with van der Waals surface area (Å²) < 4.78 is 0. The van der Waals surface area contributed by atoms with Gasteiger partial charge in [0.1, 0.15) is 12.1 Å². The van der Waals surface area contributed by atoms with Gasteiger partial charge in [-0.25, -0.2) is 0 Å². The molecule has 0 aromatic carbocycles. The number of rotatable bonds is 6. The Morgan fingerprint density at radius 3 is 2.53 bits per heavy atom. The highest BCUT2D eigenvalue weighted by Crippen LogP contribution is 2.35. The van der Waals surface area contributed by atoms with Gasteiger partial charge in [0.2, 0.25) is 11.8 Å². The highest BCUT2D eigenvalue weighted by Gasteiger charge is 2.42. The molecule has 1 saturated heterocycles. The van der Waals surface area contributed by atoms with Crippen LogP contribution in [0, 0.1) is 5.92 Å². The van der Waals surface area contributed by atoms with Gasteiger partial charge in [-0.3, -0.25) is 9.59 Å². The first-order chi connectivity index (χ1) is 9.08. The highest BCUT2D eigenvalue weighted by atomic mass is 16.2. The van der Waals surface area contributed by atoms with Crippen LogP contribution < -0.4 is 5.32 Å². The number of carbonyl (C=O) groups is 2. The minimum Gasteiger partial charge on any atom is -0.343 e. The topological polar surface area (TPSA) is 49.4 Å². The molecule has 1 N–H and O–H groups in total. The van der Waals surface area contributed by atoms with E-state index in [2.05, 4.69) is 12.2 Å². The van der Waals surface area contributed by atoms with Gasteiger partial charge < -0.3 is 10.2 Å². The second-order valence-corrected chi connectivity index (χ2v) is 6.05. The summed E-state index contributed by atoms with van der Waals surface area (Å²) in [7, 11) is 0. The third-order valence-corrected chi connectivity index (χ3v) is 4.32. The molecular weight excluding hydrogens is 240 g/mol. The van der Waals surface area contributed by atoms with Crippen molar-refractivity contribution in [1.29, 1.82) is 0 Å². The zero-order valence-electron chi connectivity index (χ0n) is 12.3. The number of nitrogens with one attached hydrogen (secondary N) is 1. The summed E-state index contributed by atoms with van der Waals surface area (Å²) in [6.07, 6.45) is 5.98. The fourth-order valence-corrected chi connectivity index (χ4v) is 3.13. The van der Waals surface area contributed by atoms with Gasteiger partial charge in [0, 0.05) is 6.04 Å². The number of piperazine rings is 1. The van der Waals surface area contributed by atoms with E-state index in [0.717, 1.165) is 25.2 Å². The molecule has 2 rings (SSSR count). The maximum atomic E-state index is 12.6. The van der Waals surface area contributed by atoms with Crippen LogP contribution in [0.1, 0.15) is 59.3 Å². The lowest BCUT2D eigenvalue weighted by Gasteiger charge is -2.42. The van der Waals surface area contributed by atoms with Crippen LogP contribution in [0.25, 0.3) is 0 Å². The van der Waals surface area contributed by atoms with Crippen LogP contribution in [0.15, 0.2) is 0 Å². The van der Waals surface area contributed by atoms with Gasteiger partial charge in [0.25, 0.3) is 0 Å². The Morgan fingerprint density at radius 1 is 1.32 bits per heavy atom. The molecular formula is C15H26N2O2. The van der Waals surface area contributed by atoms with Crippen LogP contribution in [0.4, 0.5) is 0 Å². The molecule has 4 heteroatoms. The van der Waals surface area contributed by atoms with E-state index in [1.807, 2.05) is 18.7 Å². The number of nitrogens with zero attached hydrogens (tertiary/aromatic N) is 1. The van der Waals surface area contributed by atoms with Gasteiger partial charge in [-0.15, -0.1) is 0 Å². The van der Waals surface area contributed by atoms with Gasteiger partial charge in [0.05, 0.1) is 0 Å². The van der Waals surface area contributed by atoms with Crippen molar-refractivity contribution in [1.82, 2.24) is 10.2 Å². The molecule has 1 saturated carbocycles. The molecule has 1 aliphatic heterocycles. The summed E-state index contributed by atoms with van der Waals surface area (Å²) in [5, 5.41) is 2.89. The average molecular weight is 266 g/mol. The van der Waals surface area contributed by atoms with E-state index in [0.29, 0.717) is 6.42 Å². The second-order valence-electron chi connectivity index (χ2n) is 6.05. The molecule has 0 spiro atoms. The summed E-state index contributed by atoms with van der Waals surface area (Å²) in [4.78, 5) is 26.6. The van der Waals surface area contributed by atoms with E-state index in [1.54, 1.807) is 0 Å². The summed E-state index contributed by atoms with van der Waals surface area (Å²) in [5.74, 6) is 0.930. The standard InChI is InChI=1S/C15H26N2O2/c1-4-6-12-15(19)17(10(3)9-11-7-8-11)13(5-2)14(18)16-12/h10-13H,4-9H2,1-3H3,(H,16,18). The van der Waals surface area contributed by atoms with Crippen LogP contribution in [-0.2, 0) is 9.59 Å². The molecule has 0 aromatic heterocycles. The van der Waals surface area contributed by atoms with Crippen LogP contribution in [0.5, 0.6) is 0 Å². The SMILES string of the molecule is CCCC1NC(=O)C(CC)N(C(C)CC2CC2)C1=O. The van der Waals surface area contributed by atoms with E-state index in [9.17, 15) is 9.59 Å². The summed E-state index contributed by atoms with van der Waals surface area (Å²) in [5.41, 5.74) is 0. The molecule has 0 bridgehead atoms. The van der Waals surface area contributed by atoms with Crippen molar-refractivity contribution in [3.63, 3.8) is 0 Å². The fourth-order valence-electron chi connectivity index (χ4n) is 3.13. The molecule has 19 heavy (non-hydrogen) atoms. The Morgan fingerprint density at radius 2 is 2.00 bits per heavy atom. The van der Waals surface area contributed by atoms with Crippen molar-refractivity contribution in [2.75, 3.05) is 0 Å². The Bertz CT molecular complexity index is 352. The predicted octanol–water partition coefficient (Wildman–Crippen LogP) is 2.08. The predicted molar refractivity (Wildman–Crippen MR) is 74.6 cm³/mol. The van der Waals surface area contributed by atoms with Gasteiger partial charge in [-0.05, 0) is 32.1 Å². The molecule has 1 heterocycles. The minimum absolute atomic E-state index is 0.0307. The van der Waals surface area contributed by atoms with Crippen LogP contribution in [0.3, 0.4) is 0 Å². The zero-order valence-corrected chi connectivity index (χ0v) is 12.3. The quantitative estimate of drug-likeness (QED) is 0.800. The van der Waals surface area contributed by atoms with Crippen molar-refractivity contribution in [3.8, 4) is 0 Å². The van der Waals surface area contributed by atoms with Crippen molar-refractivity contribution in [2.24, 2.45) is 5.92 Å². The third kappa shape index (κ3) is 3.10. The average Bonchev–Trinajstić information content (AvgIpc) is 3.16. The lowest BCUT2D eigenvalue weighted by atomic mass is 9.98. The van der Waals surface area contributed by atoms with Crippen LogP contribution >= 0.6 is 0 Å². The first-order valence-electron chi connectivity index (χ1n) is 7.71. The third-order valence-electron chi connectivity index (χ3n) is 4.32. The molecule has 3 unspecified atom stereocenters. The number of carbonyl (C=O) groups excluding carboxylic acids is 2. The molecule has 2 aliphatic rings. The Labute approximate surface area is 115 Å².